The SMILES string of the molecule is Nc1ncnc2c1ncn2[C@@H]1O[C@@H]2COP(=O)([O-])O[C@@H]3[C@H](O)[C@@H](COP(=O)([O-])O[C@H]2[C@H]1F)O[C@H]3n1cnc2c(N)ncnc21. The Kier molecular flexibility index (Phi) is 7.14. The molecular formula is C20H21FN10O11P2-2. The molecule has 7 rings (SSSR count). The molecule has 0 aromatic carbocycles. The van der Waals surface area contributed by atoms with Gasteiger partial charge in [0.05, 0.1) is 25.9 Å². The summed E-state index contributed by atoms with van der Waals surface area (Å²) in [6.45, 7) is -1.85. The largest absolute Gasteiger partial charge is 0.756 e. The highest BCUT2D eigenvalue weighted by Gasteiger charge is 2.52. The summed E-state index contributed by atoms with van der Waals surface area (Å²) in [6.07, 6.45) is -9.38. The summed E-state index contributed by atoms with van der Waals surface area (Å²) in [4.78, 5) is 49.7. The van der Waals surface area contributed by atoms with Gasteiger partial charge in [-0.1, -0.05) is 0 Å². The third kappa shape index (κ3) is 5.03. The van der Waals surface area contributed by atoms with Crippen LogP contribution in [-0.4, -0.2) is 94.0 Å². The van der Waals surface area contributed by atoms with Crippen LogP contribution in [0.25, 0.3) is 22.3 Å². The molecule has 0 spiro atoms. The number of nitrogen functional groups attached to an aromatic ring is 2. The van der Waals surface area contributed by atoms with Crippen molar-refractivity contribution in [3.8, 4) is 0 Å². The van der Waals surface area contributed by atoms with Gasteiger partial charge in [-0.2, -0.15) is 0 Å². The molecule has 4 aromatic rings. The number of imidazole rings is 2. The lowest BCUT2D eigenvalue weighted by atomic mass is 10.1. The van der Waals surface area contributed by atoms with Crippen LogP contribution < -0.4 is 21.3 Å². The molecule has 4 aromatic heterocycles. The molecule has 10 atom stereocenters. The van der Waals surface area contributed by atoms with Gasteiger partial charge in [-0.15, -0.1) is 0 Å². The average molecular weight is 658 g/mol. The van der Waals surface area contributed by atoms with Gasteiger partial charge in [0.15, 0.2) is 41.6 Å². The second-order valence-corrected chi connectivity index (χ2v) is 12.6. The summed E-state index contributed by atoms with van der Waals surface area (Å²) in [5.41, 5.74) is 12.0. The molecule has 3 aliphatic rings. The Hall–Kier alpha value is -3.27. The van der Waals surface area contributed by atoms with Gasteiger partial charge in [0, 0.05) is 0 Å². The molecule has 0 amide bonds. The number of rotatable bonds is 2. The zero-order valence-corrected chi connectivity index (χ0v) is 23.7. The molecule has 236 valence electrons. The van der Waals surface area contributed by atoms with E-state index in [1.807, 2.05) is 0 Å². The second-order valence-electron chi connectivity index (χ2n) is 9.86. The predicted molar refractivity (Wildman–Crippen MR) is 135 cm³/mol. The maximum absolute atomic E-state index is 15.8. The highest BCUT2D eigenvalue weighted by Crippen LogP contribution is 2.51. The molecule has 21 nitrogen and oxygen atoms in total. The molecule has 0 radical (unpaired) electrons. The van der Waals surface area contributed by atoms with Crippen molar-refractivity contribution in [1.29, 1.82) is 0 Å². The van der Waals surface area contributed by atoms with E-state index in [1.165, 1.54) is 10.9 Å². The lowest BCUT2D eigenvalue weighted by Gasteiger charge is -2.31. The maximum atomic E-state index is 15.8. The summed E-state index contributed by atoms with van der Waals surface area (Å²) in [5, 5.41) is 10.9. The van der Waals surface area contributed by atoms with Gasteiger partial charge in [0.2, 0.25) is 0 Å². The van der Waals surface area contributed by atoms with E-state index in [0.717, 1.165) is 23.5 Å². The average Bonchev–Trinajstić information content (AvgIpc) is 3.73. The number of nitrogens with two attached hydrogens (primary N) is 2. The van der Waals surface area contributed by atoms with Crippen molar-refractivity contribution in [2.24, 2.45) is 0 Å². The van der Waals surface area contributed by atoms with Gasteiger partial charge < -0.3 is 53.9 Å². The summed E-state index contributed by atoms with van der Waals surface area (Å²) in [7, 11) is -10.7. The predicted octanol–water partition coefficient (Wildman–Crippen LogP) is -1.92. The lowest BCUT2D eigenvalue weighted by Crippen LogP contribution is -2.36. The molecule has 44 heavy (non-hydrogen) atoms. The fraction of sp³-hybridized carbons (Fsp3) is 0.500. The van der Waals surface area contributed by atoms with Crippen molar-refractivity contribution in [2.45, 2.75) is 49.1 Å². The summed E-state index contributed by atoms with van der Waals surface area (Å²) < 4.78 is 75.6. The van der Waals surface area contributed by atoms with Crippen LogP contribution in [0.5, 0.6) is 0 Å². The number of aliphatic hydroxyl groups excluding tert-OH is 1. The number of ether oxygens (including phenoxy) is 2. The van der Waals surface area contributed by atoms with Gasteiger partial charge in [0.1, 0.15) is 54.2 Å². The number of hydrogen-bond donors (Lipinski definition) is 3. The molecule has 2 bridgehead atoms. The number of phosphoric acid groups is 2. The number of phosphoric ester groups is 2. The first-order valence-electron chi connectivity index (χ1n) is 12.7. The van der Waals surface area contributed by atoms with Crippen molar-refractivity contribution in [3.63, 3.8) is 0 Å². The van der Waals surface area contributed by atoms with E-state index in [9.17, 15) is 24.0 Å². The zero-order chi connectivity index (χ0) is 31.0. The highest BCUT2D eigenvalue weighted by atomic mass is 31.2. The van der Waals surface area contributed by atoms with E-state index >= 15 is 4.39 Å². The van der Waals surface area contributed by atoms with Crippen molar-refractivity contribution in [3.05, 3.63) is 25.3 Å². The van der Waals surface area contributed by atoms with E-state index in [1.54, 1.807) is 0 Å². The van der Waals surface area contributed by atoms with Crippen molar-refractivity contribution in [2.75, 3.05) is 24.7 Å². The van der Waals surface area contributed by atoms with E-state index in [4.69, 9.17) is 39.0 Å². The number of hydrogen-bond acceptors (Lipinski definition) is 19. The van der Waals surface area contributed by atoms with Crippen molar-refractivity contribution >= 4 is 49.6 Å². The minimum Gasteiger partial charge on any atom is -0.756 e. The number of aromatic nitrogens is 8. The molecule has 3 fully saturated rings. The summed E-state index contributed by atoms with van der Waals surface area (Å²) in [6, 6.07) is 0. The molecule has 2 unspecified atom stereocenters. The Bertz CT molecular complexity index is 1830. The third-order valence-corrected chi connectivity index (χ3v) is 9.13. The monoisotopic (exact) mass is 658 g/mol. The molecule has 0 aliphatic carbocycles. The highest BCUT2D eigenvalue weighted by molar-refractivity contribution is 7.46. The Morgan fingerprint density at radius 3 is 1.89 bits per heavy atom. The van der Waals surface area contributed by atoms with E-state index in [0.29, 0.717) is 0 Å². The first-order chi connectivity index (χ1) is 20.9. The Morgan fingerprint density at radius 2 is 1.30 bits per heavy atom. The summed E-state index contributed by atoms with van der Waals surface area (Å²) in [5.74, 6) is -0.00704. The molecule has 24 heteroatoms. The fourth-order valence-electron chi connectivity index (χ4n) is 5.17. The number of halogens is 1. The Labute approximate surface area is 244 Å². The first kappa shape index (κ1) is 29.4. The van der Waals surface area contributed by atoms with Crippen LogP contribution in [0.3, 0.4) is 0 Å². The van der Waals surface area contributed by atoms with Crippen molar-refractivity contribution < 1.29 is 56.0 Å². The van der Waals surface area contributed by atoms with Crippen LogP contribution in [0.1, 0.15) is 12.5 Å². The van der Waals surface area contributed by atoms with E-state index in [2.05, 4.69) is 29.9 Å². The second kappa shape index (κ2) is 10.7. The van der Waals surface area contributed by atoms with Gasteiger partial charge >= 0.3 is 0 Å². The minimum atomic E-state index is -5.37. The van der Waals surface area contributed by atoms with Crippen LogP contribution in [-0.2, 0) is 36.7 Å². The molecule has 0 saturated carbocycles. The number of aliphatic hydroxyl groups is 1. The number of nitrogens with zero attached hydrogens (tertiary/aromatic N) is 8. The maximum Gasteiger partial charge on any atom is 0.268 e. The topological polar surface area (TPSA) is 295 Å². The minimum absolute atomic E-state index is 0.00394. The van der Waals surface area contributed by atoms with Gasteiger partial charge in [-0.25, -0.2) is 34.3 Å². The number of fused-ring (bicyclic) bond motifs is 5. The van der Waals surface area contributed by atoms with Gasteiger partial charge in [-0.3, -0.25) is 18.3 Å². The number of alkyl halides is 1. The van der Waals surface area contributed by atoms with E-state index < -0.39 is 78.0 Å². The molecule has 3 aliphatic heterocycles. The number of anilines is 2. The molecule has 7 heterocycles. The Morgan fingerprint density at radius 1 is 0.795 bits per heavy atom. The molecule has 5 N–H and O–H groups in total. The molecule has 3 saturated heterocycles. The van der Waals surface area contributed by atoms with Crippen LogP contribution in [0, 0.1) is 0 Å². The van der Waals surface area contributed by atoms with Crippen molar-refractivity contribution in [1.82, 2.24) is 39.0 Å². The van der Waals surface area contributed by atoms with Crippen LogP contribution in [0.15, 0.2) is 25.3 Å². The first-order valence-corrected chi connectivity index (χ1v) is 15.6. The quantitative estimate of drug-likeness (QED) is 0.198. The molecular weight excluding hydrogens is 637 g/mol. The normalized spacial score (nSPS) is 38.3. The third-order valence-electron chi connectivity index (χ3n) is 7.20. The van der Waals surface area contributed by atoms with Crippen LogP contribution >= 0.6 is 15.6 Å². The zero-order valence-electron chi connectivity index (χ0n) is 21.9. The van der Waals surface area contributed by atoms with Gasteiger partial charge in [-0.05, 0) is 0 Å². The standard InChI is InChI=1S/C20H23FN10O11P2/c21-9-13-8(40-19(9)30-5-28-10-15(22)24-3-26-17(10)30)2-38-44(35,36)42-14-12(32)7(1-37-43(33,34)41-13)39-20(14)31-6-29-11-16(23)25-4-27-18(11)31/h3-9,12-14,19-20,32H,1-2H2,(H,33,34)(H,35,36)(H2,22,24,26)(H2,23,25,27)/p-2/t7-,8-,9-,12-,13-,14-,19-,20-/m1/s1. The smallest absolute Gasteiger partial charge is 0.268 e. The Balaban J connectivity index is 1.20. The van der Waals surface area contributed by atoms with Crippen LogP contribution in [0.4, 0.5) is 16.0 Å². The fourth-order valence-corrected chi connectivity index (χ4v) is 7.03. The van der Waals surface area contributed by atoms with E-state index in [-0.39, 0.29) is 34.0 Å². The lowest BCUT2D eigenvalue weighted by molar-refractivity contribution is -0.240. The summed E-state index contributed by atoms with van der Waals surface area (Å²) >= 11 is 0. The van der Waals surface area contributed by atoms with Crippen LogP contribution in [0.2, 0.25) is 0 Å². The van der Waals surface area contributed by atoms with Gasteiger partial charge in [0.25, 0.3) is 15.6 Å².